The molecule has 1 fully saturated rings. The fourth-order valence-corrected chi connectivity index (χ4v) is 3.56. The van der Waals surface area contributed by atoms with Gasteiger partial charge in [0.2, 0.25) is 0 Å². The topological polar surface area (TPSA) is 60.0 Å². The summed E-state index contributed by atoms with van der Waals surface area (Å²) in [5.41, 5.74) is 6.31. The van der Waals surface area contributed by atoms with Crippen LogP contribution in [0.4, 0.5) is 0 Å². The van der Waals surface area contributed by atoms with Crippen LogP contribution in [0.15, 0.2) is 6.33 Å². The summed E-state index contributed by atoms with van der Waals surface area (Å²) in [5.74, 6) is 1.93. The molecule has 0 aliphatic heterocycles. The number of likely N-dealkylation sites (N-methyl/N-ethyl adjacent to an activating group) is 1. The maximum absolute atomic E-state index is 6.17. The molecule has 0 saturated heterocycles. The standard InChI is InChI=1S/C16H31N5/c1-5-14-6-8-16(11-17,9-7-14)20(4)10-15-18-12-19-21(15)13(2)3/h12-14H,5-11,17H2,1-4H3. The average Bonchev–Trinajstić information content (AvgIpc) is 2.95. The second-order valence-corrected chi connectivity index (χ2v) is 6.85. The molecule has 0 bridgehead atoms. The second-order valence-electron chi connectivity index (χ2n) is 6.85. The van der Waals surface area contributed by atoms with E-state index in [2.05, 4.69) is 42.8 Å². The molecule has 0 atom stereocenters. The van der Waals surface area contributed by atoms with Gasteiger partial charge in [-0.25, -0.2) is 9.67 Å². The van der Waals surface area contributed by atoms with E-state index in [0.717, 1.165) is 24.8 Å². The van der Waals surface area contributed by atoms with E-state index in [0.29, 0.717) is 6.04 Å². The van der Waals surface area contributed by atoms with Crippen molar-refractivity contribution in [3.8, 4) is 0 Å². The highest BCUT2D eigenvalue weighted by atomic mass is 15.4. The first-order chi connectivity index (χ1) is 10.0. The minimum Gasteiger partial charge on any atom is -0.329 e. The van der Waals surface area contributed by atoms with Crippen molar-refractivity contribution < 1.29 is 0 Å². The first kappa shape index (κ1) is 16.4. The van der Waals surface area contributed by atoms with Gasteiger partial charge in [-0.3, -0.25) is 4.90 Å². The molecule has 1 heterocycles. The van der Waals surface area contributed by atoms with Gasteiger partial charge in [0.05, 0.1) is 6.54 Å². The van der Waals surface area contributed by atoms with Gasteiger partial charge in [-0.1, -0.05) is 13.3 Å². The molecule has 1 aliphatic rings. The quantitative estimate of drug-likeness (QED) is 0.876. The van der Waals surface area contributed by atoms with Crippen LogP contribution in [0.3, 0.4) is 0 Å². The van der Waals surface area contributed by atoms with Gasteiger partial charge in [0.1, 0.15) is 12.2 Å². The molecular weight excluding hydrogens is 262 g/mol. The summed E-state index contributed by atoms with van der Waals surface area (Å²) in [7, 11) is 2.19. The number of aromatic nitrogens is 3. The second kappa shape index (κ2) is 6.88. The third kappa shape index (κ3) is 3.46. The number of nitrogens with zero attached hydrogens (tertiary/aromatic N) is 4. The lowest BCUT2D eigenvalue weighted by molar-refractivity contribution is 0.0545. The Morgan fingerprint density at radius 1 is 1.43 bits per heavy atom. The zero-order valence-corrected chi connectivity index (χ0v) is 14.0. The van der Waals surface area contributed by atoms with Crippen LogP contribution in [0.2, 0.25) is 0 Å². The van der Waals surface area contributed by atoms with E-state index >= 15 is 0 Å². The molecule has 120 valence electrons. The van der Waals surface area contributed by atoms with Gasteiger partial charge in [0.25, 0.3) is 0 Å². The van der Waals surface area contributed by atoms with Crippen molar-refractivity contribution >= 4 is 0 Å². The van der Waals surface area contributed by atoms with Gasteiger partial charge >= 0.3 is 0 Å². The fraction of sp³-hybridized carbons (Fsp3) is 0.875. The van der Waals surface area contributed by atoms with E-state index in [1.54, 1.807) is 6.33 Å². The van der Waals surface area contributed by atoms with Crippen molar-refractivity contribution in [2.45, 2.75) is 71.0 Å². The molecule has 1 saturated carbocycles. The summed E-state index contributed by atoms with van der Waals surface area (Å²) in [6.45, 7) is 8.14. The zero-order chi connectivity index (χ0) is 15.5. The van der Waals surface area contributed by atoms with Gasteiger partial charge in [-0.2, -0.15) is 5.10 Å². The van der Waals surface area contributed by atoms with Crippen LogP contribution >= 0.6 is 0 Å². The van der Waals surface area contributed by atoms with Gasteiger partial charge < -0.3 is 5.73 Å². The van der Waals surface area contributed by atoms with Gasteiger partial charge in [-0.15, -0.1) is 0 Å². The van der Waals surface area contributed by atoms with Crippen LogP contribution < -0.4 is 5.73 Å². The molecule has 1 aromatic rings. The van der Waals surface area contributed by atoms with Crippen LogP contribution in [0.25, 0.3) is 0 Å². The van der Waals surface area contributed by atoms with E-state index in [1.165, 1.54) is 32.1 Å². The number of nitrogens with two attached hydrogens (primary N) is 1. The Bertz CT molecular complexity index is 432. The van der Waals surface area contributed by atoms with Crippen LogP contribution in [0.1, 0.15) is 64.7 Å². The smallest absolute Gasteiger partial charge is 0.141 e. The zero-order valence-electron chi connectivity index (χ0n) is 14.0. The summed E-state index contributed by atoms with van der Waals surface area (Å²) in [4.78, 5) is 6.86. The Morgan fingerprint density at radius 3 is 2.62 bits per heavy atom. The summed E-state index contributed by atoms with van der Waals surface area (Å²) < 4.78 is 2.01. The third-order valence-corrected chi connectivity index (χ3v) is 5.32. The molecule has 1 aromatic heterocycles. The van der Waals surface area contributed by atoms with E-state index in [4.69, 9.17) is 5.73 Å². The minimum atomic E-state index is 0.138. The van der Waals surface area contributed by atoms with E-state index in [9.17, 15) is 0 Å². The van der Waals surface area contributed by atoms with Crippen LogP contribution in [-0.4, -0.2) is 38.8 Å². The summed E-state index contributed by atoms with van der Waals surface area (Å²) in [6.07, 6.45) is 7.96. The van der Waals surface area contributed by atoms with E-state index in [-0.39, 0.29) is 5.54 Å². The molecule has 0 radical (unpaired) electrons. The Labute approximate surface area is 128 Å². The summed E-state index contributed by atoms with van der Waals surface area (Å²) in [5, 5.41) is 4.34. The largest absolute Gasteiger partial charge is 0.329 e. The lowest BCUT2D eigenvalue weighted by atomic mass is 9.74. The van der Waals surface area contributed by atoms with Crippen molar-refractivity contribution in [1.82, 2.24) is 19.7 Å². The van der Waals surface area contributed by atoms with Crippen molar-refractivity contribution in [3.63, 3.8) is 0 Å². The highest BCUT2D eigenvalue weighted by molar-refractivity contribution is 4.97. The molecule has 0 amide bonds. The van der Waals surface area contributed by atoms with Crippen molar-refractivity contribution in [3.05, 3.63) is 12.2 Å². The molecule has 2 rings (SSSR count). The van der Waals surface area contributed by atoms with Gasteiger partial charge in [0, 0.05) is 18.1 Å². The fourth-order valence-electron chi connectivity index (χ4n) is 3.56. The molecule has 21 heavy (non-hydrogen) atoms. The van der Waals surface area contributed by atoms with Crippen LogP contribution in [-0.2, 0) is 6.54 Å². The Kier molecular flexibility index (Phi) is 5.38. The Hall–Kier alpha value is -0.940. The van der Waals surface area contributed by atoms with Crippen molar-refractivity contribution in [2.24, 2.45) is 11.7 Å². The van der Waals surface area contributed by atoms with E-state index < -0.39 is 0 Å². The van der Waals surface area contributed by atoms with Crippen LogP contribution in [0, 0.1) is 5.92 Å². The molecule has 5 heteroatoms. The SMILES string of the molecule is CCC1CCC(CN)(N(C)Cc2ncnn2C(C)C)CC1. The Balaban J connectivity index is 2.07. The van der Waals surface area contributed by atoms with Crippen molar-refractivity contribution in [2.75, 3.05) is 13.6 Å². The molecule has 0 unspecified atom stereocenters. The number of hydrogen-bond acceptors (Lipinski definition) is 4. The lowest BCUT2D eigenvalue weighted by Crippen LogP contribution is -2.54. The monoisotopic (exact) mass is 293 g/mol. The molecule has 5 nitrogen and oxygen atoms in total. The molecule has 0 spiro atoms. The van der Waals surface area contributed by atoms with Crippen molar-refractivity contribution in [1.29, 1.82) is 0 Å². The lowest BCUT2D eigenvalue weighted by Gasteiger charge is -2.45. The number of rotatable bonds is 6. The summed E-state index contributed by atoms with van der Waals surface area (Å²) in [6, 6.07) is 0.348. The summed E-state index contributed by atoms with van der Waals surface area (Å²) >= 11 is 0. The average molecular weight is 293 g/mol. The molecule has 0 aromatic carbocycles. The van der Waals surface area contributed by atoms with E-state index in [1.807, 2.05) is 4.68 Å². The molecule has 2 N–H and O–H groups in total. The normalized spacial score (nSPS) is 26.7. The minimum absolute atomic E-state index is 0.138. The van der Waals surface area contributed by atoms with Crippen LogP contribution in [0.5, 0.6) is 0 Å². The number of hydrogen-bond donors (Lipinski definition) is 1. The van der Waals surface area contributed by atoms with Gasteiger partial charge in [-0.05, 0) is 52.5 Å². The maximum atomic E-state index is 6.17. The third-order valence-electron chi connectivity index (χ3n) is 5.32. The molecular formula is C16H31N5. The highest BCUT2D eigenvalue weighted by Gasteiger charge is 2.37. The predicted molar refractivity (Wildman–Crippen MR) is 85.9 cm³/mol. The predicted octanol–water partition coefficient (Wildman–Crippen LogP) is 2.59. The first-order valence-electron chi connectivity index (χ1n) is 8.32. The molecule has 1 aliphatic carbocycles. The van der Waals surface area contributed by atoms with Gasteiger partial charge in [0.15, 0.2) is 0 Å². The highest BCUT2D eigenvalue weighted by Crippen LogP contribution is 2.37. The Morgan fingerprint density at radius 2 is 2.10 bits per heavy atom. The maximum Gasteiger partial charge on any atom is 0.141 e. The first-order valence-corrected chi connectivity index (χ1v) is 8.32.